The lowest BCUT2D eigenvalue weighted by atomic mass is 9.98. The second-order valence-corrected chi connectivity index (χ2v) is 5.48. The molecule has 0 bridgehead atoms. The van der Waals surface area contributed by atoms with E-state index in [0.717, 1.165) is 6.42 Å². The van der Waals surface area contributed by atoms with E-state index in [1.165, 1.54) is 0 Å². The quantitative estimate of drug-likeness (QED) is 0.639. The van der Waals surface area contributed by atoms with Gasteiger partial charge in [-0.1, -0.05) is 0 Å². The monoisotopic (exact) mass is 264 g/mol. The molecule has 1 aliphatic rings. The molecule has 5 heteroatoms. The summed E-state index contributed by atoms with van der Waals surface area (Å²) in [6.45, 7) is 2.74. The minimum Gasteiger partial charge on any atom is -0.390 e. The predicted octanol–water partition coefficient (Wildman–Crippen LogP) is 0.971. The maximum absolute atomic E-state index is 12.2. The molecule has 2 heterocycles. The molecule has 0 spiro atoms. The highest BCUT2D eigenvalue weighted by Gasteiger charge is 2.30. The average molecular weight is 264 g/mol. The number of carbonyl (C=O) groups is 2. The predicted molar refractivity (Wildman–Crippen MR) is 70.8 cm³/mol. The van der Waals surface area contributed by atoms with Gasteiger partial charge in [-0.3, -0.25) is 9.59 Å². The first-order valence-corrected chi connectivity index (χ1v) is 6.58. The highest BCUT2D eigenvalue weighted by molar-refractivity contribution is 6.42. The van der Waals surface area contributed by atoms with E-state index >= 15 is 0 Å². The van der Waals surface area contributed by atoms with Gasteiger partial charge in [-0.05, 0) is 38.3 Å². The number of ketones is 1. The third-order valence-electron chi connectivity index (χ3n) is 3.72. The van der Waals surface area contributed by atoms with Crippen molar-refractivity contribution in [2.45, 2.75) is 31.8 Å². The third-order valence-corrected chi connectivity index (χ3v) is 3.72. The standard InChI is InChI=1S/C14H20N2O3/c1-14(19)6-4-9-16(10-7-14)13(18)12(17)11-5-3-8-15(11)2/h3,5,8,19H,4,6-7,9-10H2,1-2H3/t14-/m1/s1. The van der Waals surface area contributed by atoms with Crippen molar-refractivity contribution in [2.24, 2.45) is 7.05 Å². The molecule has 1 atom stereocenters. The molecule has 1 aliphatic heterocycles. The Bertz CT molecular complexity index is 491. The first-order valence-electron chi connectivity index (χ1n) is 6.58. The van der Waals surface area contributed by atoms with Gasteiger partial charge in [0.2, 0.25) is 0 Å². The molecule has 1 aromatic rings. The molecule has 2 rings (SSSR count). The molecule has 0 aliphatic carbocycles. The van der Waals surface area contributed by atoms with E-state index < -0.39 is 17.3 Å². The van der Waals surface area contributed by atoms with Gasteiger partial charge in [0.25, 0.3) is 11.7 Å². The van der Waals surface area contributed by atoms with Crippen molar-refractivity contribution in [3.63, 3.8) is 0 Å². The zero-order valence-electron chi connectivity index (χ0n) is 11.4. The van der Waals surface area contributed by atoms with Crippen LogP contribution in [-0.4, -0.2) is 45.0 Å². The smallest absolute Gasteiger partial charge is 0.296 e. The fourth-order valence-electron chi connectivity index (χ4n) is 2.42. The maximum atomic E-state index is 12.2. The van der Waals surface area contributed by atoms with Crippen LogP contribution in [0.3, 0.4) is 0 Å². The second kappa shape index (κ2) is 5.17. The summed E-state index contributed by atoms with van der Waals surface area (Å²) < 4.78 is 1.65. The molecule has 0 radical (unpaired) electrons. The van der Waals surface area contributed by atoms with Gasteiger partial charge in [-0.15, -0.1) is 0 Å². The molecule has 1 aromatic heterocycles. The molecule has 1 fully saturated rings. The number of aliphatic hydroxyl groups is 1. The Labute approximate surface area is 112 Å². The summed E-state index contributed by atoms with van der Waals surface area (Å²) in [5.74, 6) is -0.950. The Hall–Kier alpha value is -1.62. The number of hydrogen-bond donors (Lipinski definition) is 1. The summed E-state index contributed by atoms with van der Waals surface area (Å²) in [5.41, 5.74) is -0.329. The van der Waals surface area contributed by atoms with Crippen LogP contribution in [0.4, 0.5) is 0 Å². The van der Waals surface area contributed by atoms with Gasteiger partial charge >= 0.3 is 0 Å². The molecule has 5 nitrogen and oxygen atoms in total. The molecule has 1 saturated heterocycles. The van der Waals surface area contributed by atoms with E-state index in [1.807, 2.05) is 0 Å². The molecule has 19 heavy (non-hydrogen) atoms. The molecular formula is C14H20N2O3. The minimum absolute atomic E-state index is 0.404. The van der Waals surface area contributed by atoms with E-state index in [1.54, 1.807) is 41.8 Å². The highest BCUT2D eigenvalue weighted by atomic mass is 16.3. The fraction of sp³-hybridized carbons (Fsp3) is 0.571. The number of carbonyl (C=O) groups excluding carboxylic acids is 2. The van der Waals surface area contributed by atoms with Crippen molar-refractivity contribution in [1.82, 2.24) is 9.47 Å². The van der Waals surface area contributed by atoms with Crippen LogP contribution in [0, 0.1) is 0 Å². The number of likely N-dealkylation sites (tertiary alicyclic amines) is 1. The van der Waals surface area contributed by atoms with E-state index in [0.29, 0.717) is 31.6 Å². The average Bonchev–Trinajstić information content (AvgIpc) is 2.69. The van der Waals surface area contributed by atoms with Crippen LogP contribution in [0.5, 0.6) is 0 Å². The van der Waals surface area contributed by atoms with Crippen LogP contribution in [-0.2, 0) is 11.8 Å². The molecule has 0 saturated carbocycles. The Balaban J connectivity index is 2.08. The molecule has 1 amide bonds. The van der Waals surface area contributed by atoms with E-state index in [2.05, 4.69) is 0 Å². The van der Waals surface area contributed by atoms with Crippen LogP contribution < -0.4 is 0 Å². The van der Waals surface area contributed by atoms with Crippen molar-refractivity contribution < 1.29 is 14.7 Å². The zero-order valence-corrected chi connectivity index (χ0v) is 11.4. The van der Waals surface area contributed by atoms with Crippen molar-refractivity contribution in [3.05, 3.63) is 24.0 Å². The van der Waals surface area contributed by atoms with Crippen LogP contribution >= 0.6 is 0 Å². The van der Waals surface area contributed by atoms with Gasteiger partial charge in [0, 0.05) is 26.3 Å². The summed E-state index contributed by atoms with van der Waals surface area (Å²) in [5, 5.41) is 9.99. The first-order chi connectivity index (χ1) is 8.91. The number of nitrogens with zero attached hydrogens (tertiary/aromatic N) is 2. The van der Waals surface area contributed by atoms with Crippen molar-refractivity contribution in [3.8, 4) is 0 Å². The highest BCUT2D eigenvalue weighted by Crippen LogP contribution is 2.21. The van der Waals surface area contributed by atoms with E-state index in [-0.39, 0.29) is 0 Å². The zero-order chi connectivity index (χ0) is 14.0. The molecule has 0 unspecified atom stereocenters. The summed E-state index contributed by atoms with van der Waals surface area (Å²) in [7, 11) is 1.74. The number of rotatable bonds is 2. The van der Waals surface area contributed by atoms with Gasteiger partial charge in [-0.25, -0.2) is 0 Å². The Morgan fingerprint density at radius 1 is 1.32 bits per heavy atom. The molecule has 104 valence electrons. The summed E-state index contributed by atoms with van der Waals surface area (Å²) in [6, 6.07) is 3.39. The second-order valence-electron chi connectivity index (χ2n) is 5.48. The van der Waals surface area contributed by atoms with Crippen molar-refractivity contribution in [1.29, 1.82) is 0 Å². The largest absolute Gasteiger partial charge is 0.390 e. The fourth-order valence-corrected chi connectivity index (χ4v) is 2.42. The van der Waals surface area contributed by atoms with Gasteiger partial charge in [-0.2, -0.15) is 0 Å². The SMILES string of the molecule is Cn1cccc1C(=O)C(=O)N1CCC[C@@](C)(O)CC1. The van der Waals surface area contributed by atoms with E-state index in [4.69, 9.17) is 0 Å². The number of hydrogen-bond acceptors (Lipinski definition) is 3. The Morgan fingerprint density at radius 3 is 2.68 bits per heavy atom. The first kappa shape index (κ1) is 13.8. The minimum atomic E-state index is -0.733. The topological polar surface area (TPSA) is 62.5 Å². The van der Waals surface area contributed by atoms with Crippen molar-refractivity contribution in [2.75, 3.05) is 13.1 Å². The molecule has 0 aromatic carbocycles. The van der Waals surface area contributed by atoms with Gasteiger partial charge in [0.05, 0.1) is 11.3 Å². The van der Waals surface area contributed by atoms with Crippen LogP contribution in [0.2, 0.25) is 0 Å². The Kier molecular flexibility index (Phi) is 3.75. The Morgan fingerprint density at radius 2 is 2.05 bits per heavy atom. The van der Waals surface area contributed by atoms with Gasteiger partial charge in [0.1, 0.15) is 0 Å². The van der Waals surface area contributed by atoms with Crippen LogP contribution in [0.25, 0.3) is 0 Å². The lowest BCUT2D eigenvalue weighted by Crippen LogP contribution is -2.38. The normalized spacial score (nSPS) is 24.1. The number of aromatic nitrogens is 1. The van der Waals surface area contributed by atoms with Gasteiger partial charge < -0.3 is 14.6 Å². The van der Waals surface area contributed by atoms with Crippen LogP contribution in [0.1, 0.15) is 36.7 Å². The number of aryl methyl sites for hydroxylation is 1. The summed E-state index contributed by atoms with van der Waals surface area (Å²) >= 11 is 0. The molecular weight excluding hydrogens is 244 g/mol. The third kappa shape index (κ3) is 3.04. The maximum Gasteiger partial charge on any atom is 0.296 e. The summed E-state index contributed by atoms with van der Waals surface area (Å²) in [6.07, 6.45) is 3.64. The number of Topliss-reactive ketones (excluding diaryl/α,β-unsaturated/α-hetero) is 1. The van der Waals surface area contributed by atoms with Crippen LogP contribution in [0.15, 0.2) is 18.3 Å². The lowest BCUT2D eigenvalue weighted by Gasteiger charge is -2.22. The van der Waals surface area contributed by atoms with Crippen molar-refractivity contribution >= 4 is 11.7 Å². The van der Waals surface area contributed by atoms with E-state index in [9.17, 15) is 14.7 Å². The summed E-state index contributed by atoms with van der Waals surface area (Å²) in [4.78, 5) is 25.9. The van der Waals surface area contributed by atoms with Gasteiger partial charge in [0.15, 0.2) is 0 Å². The number of amides is 1. The molecule has 1 N–H and O–H groups in total. The lowest BCUT2D eigenvalue weighted by molar-refractivity contribution is -0.126.